The molecule has 0 saturated heterocycles. The van der Waals surface area contributed by atoms with Gasteiger partial charge in [-0.3, -0.25) is 10.1 Å². The Morgan fingerprint density at radius 1 is 1.07 bits per heavy atom. The fourth-order valence-electron chi connectivity index (χ4n) is 2.67. The standard InChI is InChI=1S/C19H20FN7O2/c1-12(14-4-8-16(9-5-14)27(28)29)23-19-25-17(21)24-18(26-19)22-11-10-13-2-6-15(20)7-3-13/h2-9,12H,10-11H2,1H3,(H4,21,22,23,24,25,26)/t12-/m0/s1. The van der Waals surface area contributed by atoms with Crippen molar-refractivity contribution in [2.45, 2.75) is 19.4 Å². The third-order valence-electron chi connectivity index (χ3n) is 4.21. The summed E-state index contributed by atoms with van der Waals surface area (Å²) in [5.41, 5.74) is 7.61. The maximum atomic E-state index is 13.0. The highest BCUT2D eigenvalue weighted by molar-refractivity contribution is 5.43. The third-order valence-corrected chi connectivity index (χ3v) is 4.21. The van der Waals surface area contributed by atoms with E-state index in [2.05, 4.69) is 25.6 Å². The number of halogens is 1. The van der Waals surface area contributed by atoms with Crippen molar-refractivity contribution >= 4 is 23.5 Å². The zero-order valence-corrected chi connectivity index (χ0v) is 15.7. The van der Waals surface area contributed by atoms with Crippen LogP contribution in [-0.2, 0) is 6.42 Å². The number of aromatic nitrogens is 3. The van der Waals surface area contributed by atoms with Crippen LogP contribution in [-0.4, -0.2) is 26.4 Å². The van der Waals surface area contributed by atoms with E-state index in [4.69, 9.17) is 5.73 Å². The molecular formula is C19H20FN7O2. The molecule has 150 valence electrons. The van der Waals surface area contributed by atoms with Crippen LogP contribution in [0.4, 0.5) is 27.9 Å². The summed E-state index contributed by atoms with van der Waals surface area (Å²) in [7, 11) is 0. The molecular weight excluding hydrogens is 377 g/mol. The maximum Gasteiger partial charge on any atom is 0.269 e. The van der Waals surface area contributed by atoms with Gasteiger partial charge in [0.2, 0.25) is 17.8 Å². The summed E-state index contributed by atoms with van der Waals surface area (Å²) in [6, 6.07) is 12.3. The van der Waals surface area contributed by atoms with E-state index in [-0.39, 0.29) is 29.4 Å². The van der Waals surface area contributed by atoms with E-state index in [0.717, 1.165) is 11.1 Å². The van der Waals surface area contributed by atoms with Gasteiger partial charge in [0.15, 0.2) is 0 Å². The molecule has 0 bridgehead atoms. The van der Waals surface area contributed by atoms with Crippen molar-refractivity contribution < 1.29 is 9.31 Å². The van der Waals surface area contributed by atoms with Crippen LogP contribution in [0.1, 0.15) is 24.1 Å². The smallest absolute Gasteiger partial charge is 0.269 e. The van der Waals surface area contributed by atoms with Gasteiger partial charge >= 0.3 is 0 Å². The van der Waals surface area contributed by atoms with E-state index in [0.29, 0.717) is 18.9 Å². The molecule has 1 heterocycles. The largest absolute Gasteiger partial charge is 0.368 e. The molecule has 10 heteroatoms. The zero-order chi connectivity index (χ0) is 20.8. The second-order valence-corrected chi connectivity index (χ2v) is 6.36. The monoisotopic (exact) mass is 397 g/mol. The molecule has 0 fully saturated rings. The molecule has 29 heavy (non-hydrogen) atoms. The highest BCUT2D eigenvalue weighted by Gasteiger charge is 2.12. The van der Waals surface area contributed by atoms with Crippen LogP contribution in [0.3, 0.4) is 0 Å². The molecule has 1 atom stereocenters. The summed E-state index contributed by atoms with van der Waals surface area (Å²) < 4.78 is 13.0. The summed E-state index contributed by atoms with van der Waals surface area (Å²) in [4.78, 5) is 22.8. The van der Waals surface area contributed by atoms with Gasteiger partial charge in [-0.15, -0.1) is 0 Å². The minimum atomic E-state index is -0.446. The van der Waals surface area contributed by atoms with Gasteiger partial charge in [0.25, 0.3) is 5.69 Å². The number of non-ortho nitro benzene ring substituents is 1. The first-order chi connectivity index (χ1) is 13.9. The molecule has 0 aliphatic rings. The lowest BCUT2D eigenvalue weighted by molar-refractivity contribution is -0.384. The first-order valence-electron chi connectivity index (χ1n) is 8.91. The van der Waals surface area contributed by atoms with Gasteiger partial charge in [0, 0.05) is 18.7 Å². The molecule has 0 aliphatic carbocycles. The van der Waals surface area contributed by atoms with Crippen LogP contribution in [0.25, 0.3) is 0 Å². The normalized spacial score (nSPS) is 11.7. The summed E-state index contributed by atoms with van der Waals surface area (Å²) >= 11 is 0. The minimum Gasteiger partial charge on any atom is -0.368 e. The molecule has 0 aliphatic heterocycles. The van der Waals surface area contributed by atoms with E-state index in [9.17, 15) is 14.5 Å². The molecule has 0 radical (unpaired) electrons. The summed E-state index contributed by atoms with van der Waals surface area (Å²) in [6.45, 7) is 2.41. The van der Waals surface area contributed by atoms with Gasteiger partial charge < -0.3 is 16.4 Å². The SMILES string of the molecule is C[C@H](Nc1nc(N)nc(NCCc2ccc(F)cc2)n1)c1ccc([N+](=O)[O-])cc1. The Bertz CT molecular complexity index is 981. The number of anilines is 3. The number of benzene rings is 2. The summed E-state index contributed by atoms with van der Waals surface area (Å²) in [5.74, 6) is 0.387. The minimum absolute atomic E-state index is 0.0259. The second kappa shape index (κ2) is 8.91. The number of nitrogen functional groups attached to an aromatic ring is 1. The van der Waals surface area contributed by atoms with E-state index < -0.39 is 4.92 Å². The number of hydrogen-bond donors (Lipinski definition) is 3. The first-order valence-corrected chi connectivity index (χ1v) is 8.91. The average molecular weight is 397 g/mol. The molecule has 4 N–H and O–H groups in total. The van der Waals surface area contributed by atoms with Crippen LogP contribution >= 0.6 is 0 Å². The number of nitrogens with one attached hydrogen (secondary N) is 2. The lowest BCUT2D eigenvalue weighted by atomic mass is 10.1. The van der Waals surface area contributed by atoms with Gasteiger partial charge in [0.05, 0.1) is 11.0 Å². The molecule has 1 aromatic heterocycles. The van der Waals surface area contributed by atoms with Crippen molar-refractivity contribution in [3.63, 3.8) is 0 Å². The number of nitrogens with two attached hydrogens (primary N) is 1. The van der Waals surface area contributed by atoms with Gasteiger partial charge in [-0.1, -0.05) is 24.3 Å². The van der Waals surface area contributed by atoms with Crippen molar-refractivity contribution in [1.82, 2.24) is 15.0 Å². The number of nitro groups is 1. The number of hydrogen-bond acceptors (Lipinski definition) is 8. The molecule has 0 spiro atoms. The van der Waals surface area contributed by atoms with Crippen molar-refractivity contribution in [3.05, 3.63) is 75.6 Å². The molecule has 9 nitrogen and oxygen atoms in total. The Balaban J connectivity index is 1.61. The maximum absolute atomic E-state index is 13.0. The van der Waals surface area contributed by atoms with Gasteiger partial charge in [-0.05, 0) is 36.6 Å². The molecule has 2 aromatic carbocycles. The van der Waals surface area contributed by atoms with Crippen LogP contribution in [0.2, 0.25) is 0 Å². The quantitative estimate of drug-likeness (QED) is 0.389. The van der Waals surface area contributed by atoms with Crippen molar-refractivity contribution in [2.75, 3.05) is 22.9 Å². The highest BCUT2D eigenvalue weighted by atomic mass is 19.1. The first kappa shape index (κ1) is 19.9. The fourth-order valence-corrected chi connectivity index (χ4v) is 2.67. The van der Waals surface area contributed by atoms with E-state index in [1.165, 1.54) is 24.3 Å². The van der Waals surface area contributed by atoms with E-state index in [1.54, 1.807) is 24.3 Å². The van der Waals surface area contributed by atoms with Crippen molar-refractivity contribution in [1.29, 1.82) is 0 Å². The molecule has 0 saturated carbocycles. The molecule has 3 rings (SSSR count). The Hall–Kier alpha value is -3.82. The second-order valence-electron chi connectivity index (χ2n) is 6.36. The Kier molecular flexibility index (Phi) is 6.12. The number of nitro benzene ring substituents is 1. The van der Waals surface area contributed by atoms with Crippen LogP contribution in [0.5, 0.6) is 0 Å². The topological polar surface area (TPSA) is 132 Å². The predicted octanol–water partition coefficient (Wildman–Crippen LogP) is 3.33. The van der Waals surface area contributed by atoms with Gasteiger partial charge in [-0.2, -0.15) is 15.0 Å². The predicted molar refractivity (Wildman–Crippen MR) is 108 cm³/mol. The average Bonchev–Trinajstić information content (AvgIpc) is 2.69. The van der Waals surface area contributed by atoms with Crippen LogP contribution in [0.15, 0.2) is 48.5 Å². The van der Waals surface area contributed by atoms with Crippen LogP contribution < -0.4 is 16.4 Å². The Morgan fingerprint density at radius 2 is 1.72 bits per heavy atom. The molecule has 3 aromatic rings. The van der Waals surface area contributed by atoms with Gasteiger partial charge in [0.1, 0.15) is 5.82 Å². The summed E-state index contributed by atoms with van der Waals surface area (Å²) in [5, 5.41) is 16.9. The molecule has 0 unspecified atom stereocenters. The van der Waals surface area contributed by atoms with Crippen molar-refractivity contribution in [2.24, 2.45) is 0 Å². The summed E-state index contributed by atoms with van der Waals surface area (Å²) in [6.07, 6.45) is 0.661. The Morgan fingerprint density at radius 3 is 2.38 bits per heavy atom. The zero-order valence-electron chi connectivity index (χ0n) is 15.7. The third kappa shape index (κ3) is 5.58. The lowest BCUT2D eigenvalue weighted by Crippen LogP contribution is -2.14. The number of nitrogens with zero attached hydrogens (tertiary/aromatic N) is 4. The Labute approximate surface area is 166 Å². The lowest BCUT2D eigenvalue weighted by Gasteiger charge is -2.15. The van der Waals surface area contributed by atoms with Crippen LogP contribution in [0, 0.1) is 15.9 Å². The van der Waals surface area contributed by atoms with Gasteiger partial charge in [-0.25, -0.2) is 4.39 Å². The number of rotatable bonds is 8. The van der Waals surface area contributed by atoms with E-state index >= 15 is 0 Å². The molecule has 0 amide bonds. The highest BCUT2D eigenvalue weighted by Crippen LogP contribution is 2.21. The van der Waals surface area contributed by atoms with E-state index in [1.807, 2.05) is 6.92 Å². The van der Waals surface area contributed by atoms with Crippen molar-refractivity contribution in [3.8, 4) is 0 Å². The fraction of sp³-hybridized carbons (Fsp3) is 0.211.